The smallest absolute Gasteiger partial charge is 0.191 e. The van der Waals surface area contributed by atoms with Crippen molar-refractivity contribution in [2.45, 2.75) is 33.4 Å². The van der Waals surface area contributed by atoms with Crippen LogP contribution in [0.5, 0.6) is 0 Å². The number of hydrogen-bond acceptors (Lipinski definition) is 4. The third kappa shape index (κ3) is 6.97. The molecule has 1 aromatic heterocycles. The van der Waals surface area contributed by atoms with E-state index in [1.807, 2.05) is 13.2 Å². The average molecular weight is 460 g/mol. The summed E-state index contributed by atoms with van der Waals surface area (Å²) in [6.07, 6.45) is 1.90. The molecule has 0 amide bonds. The van der Waals surface area contributed by atoms with Crippen LogP contribution in [0.2, 0.25) is 0 Å². The van der Waals surface area contributed by atoms with Gasteiger partial charge in [0.25, 0.3) is 0 Å². The lowest BCUT2D eigenvalue weighted by atomic mass is 10.1. The highest BCUT2D eigenvalue weighted by Crippen LogP contribution is 2.14. The van der Waals surface area contributed by atoms with Crippen molar-refractivity contribution in [3.63, 3.8) is 0 Å². The Balaban J connectivity index is 0.00000312. The lowest BCUT2D eigenvalue weighted by Crippen LogP contribution is -2.45. The molecule has 0 aliphatic carbocycles. The molecule has 1 aromatic rings. The van der Waals surface area contributed by atoms with Crippen molar-refractivity contribution >= 4 is 35.8 Å². The Labute approximate surface area is 169 Å². The zero-order valence-corrected chi connectivity index (χ0v) is 18.4. The summed E-state index contributed by atoms with van der Waals surface area (Å²) in [5.41, 5.74) is 1.22. The van der Waals surface area contributed by atoms with Gasteiger partial charge < -0.3 is 20.4 Å². The number of nitrogens with zero attached hydrogens (tertiary/aromatic N) is 4. The van der Waals surface area contributed by atoms with E-state index >= 15 is 0 Å². The SMILES string of the molecule is CN=C(NCc1ccnc(N2CCN(C)CC2)c1)NC(C)C(C)C.I. The second-order valence-corrected chi connectivity index (χ2v) is 6.92. The van der Waals surface area contributed by atoms with Crippen LogP contribution >= 0.6 is 24.0 Å². The minimum absolute atomic E-state index is 0. The summed E-state index contributed by atoms with van der Waals surface area (Å²) >= 11 is 0. The van der Waals surface area contributed by atoms with Gasteiger partial charge in [0.15, 0.2) is 5.96 Å². The maximum absolute atomic E-state index is 4.54. The fourth-order valence-electron chi connectivity index (χ4n) is 2.54. The van der Waals surface area contributed by atoms with Gasteiger partial charge in [-0.25, -0.2) is 4.98 Å². The molecular formula is C18H33IN6. The average Bonchev–Trinajstić information content (AvgIpc) is 2.59. The second kappa shape index (κ2) is 10.8. The van der Waals surface area contributed by atoms with E-state index in [1.54, 1.807) is 0 Å². The van der Waals surface area contributed by atoms with Gasteiger partial charge in [-0.15, -0.1) is 24.0 Å². The van der Waals surface area contributed by atoms with E-state index < -0.39 is 0 Å². The molecule has 1 saturated heterocycles. The standard InChI is InChI=1S/C18H32N6.HI/c1-14(2)15(3)22-18(19-4)21-13-16-6-7-20-17(12-16)24-10-8-23(5)9-11-24;/h6-7,12,14-15H,8-11,13H2,1-5H3,(H2,19,21,22);1H. The molecule has 0 radical (unpaired) electrons. The number of pyridine rings is 1. The number of anilines is 1. The third-order valence-electron chi connectivity index (χ3n) is 4.69. The van der Waals surface area contributed by atoms with Gasteiger partial charge in [0.05, 0.1) is 0 Å². The number of halogens is 1. The first-order valence-electron chi connectivity index (χ1n) is 8.85. The molecule has 0 bridgehead atoms. The highest BCUT2D eigenvalue weighted by atomic mass is 127. The molecule has 2 rings (SSSR count). The van der Waals surface area contributed by atoms with Crippen LogP contribution in [0, 0.1) is 5.92 Å². The number of aromatic nitrogens is 1. The maximum atomic E-state index is 4.54. The molecule has 142 valence electrons. The van der Waals surface area contributed by atoms with E-state index in [1.165, 1.54) is 5.56 Å². The van der Waals surface area contributed by atoms with Crippen molar-refractivity contribution in [3.05, 3.63) is 23.9 Å². The summed E-state index contributed by atoms with van der Waals surface area (Å²) in [6.45, 7) is 11.6. The van der Waals surface area contributed by atoms with Crippen molar-refractivity contribution in [1.82, 2.24) is 20.5 Å². The van der Waals surface area contributed by atoms with Gasteiger partial charge in [0.1, 0.15) is 5.82 Å². The zero-order valence-electron chi connectivity index (χ0n) is 16.1. The minimum Gasteiger partial charge on any atom is -0.354 e. The largest absolute Gasteiger partial charge is 0.354 e. The van der Waals surface area contributed by atoms with Crippen LogP contribution in [0.1, 0.15) is 26.3 Å². The van der Waals surface area contributed by atoms with Crippen molar-refractivity contribution in [2.75, 3.05) is 45.2 Å². The molecule has 1 fully saturated rings. The molecule has 1 aliphatic rings. The molecular weight excluding hydrogens is 427 g/mol. The molecule has 25 heavy (non-hydrogen) atoms. The summed E-state index contributed by atoms with van der Waals surface area (Å²) in [7, 11) is 3.98. The zero-order chi connectivity index (χ0) is 17.5. The normalized spacial score (nSPS) is 17.2. The van der Waals surface area contributed by atoms with Gasteiger partial charge in [0, 0.05) is 52.0 Å². The van der Waals surface area contributed by atoms with Crippen LogP contribution in [-0.4, -0.2) is 62.2 Å². The Kier molecular flexibility index (Phi) is 9.48. The predicted molar refractivity (Wildman–Crippen MR) is 117 cm³/mol. The maximum Gasteiger partial charge on any atom is 0.191 e. The highest BCUT2D eigenvalue weighted by Gasteiger charge is 2.15. The van der Waals surface area contributed by atoms with Gasteiger partial charge in [-0.1, -0.05) is 13.8 Å². The number of likely N-dealkylation sites (N-methyl/N-ethyl adjacent to an activating group) is 1. The molecule has 0 aromatic carbocycles. The summed E-state index contributed by atoms with van der Waals surface area (Å²) in [5.74, 6) is 2.48. The second-order valence-electron chi connectivity index (χ2n) is 6.92. The highest BCUT2D eigenvalue weighted by molar-refractivity contribution is 14.0. The van der Waals surface area contributed by atoms with Gasteiger partial charge in [0.2, 0.25) is 0 Å². The summed E-state index contributed by atoms with van der Waals surface area (Å²) in [5, 5.41) is 6.82. The Morgan fingerprint density at radius 3 is 2.52 bits per heavy atom. The Bertz CT molecular complexity index is 540. The lowest BCUT2D eigenvalue weighted by molar-refractivity contribution is 0.312. The van der Waals surface area contributed by atoms with Gasteiger partial charge in [-0.3, -0.25) is 4.99 Å². The topological polar surface area (TPSA) is 55.8 Å². The summed E-state index contributed by atoms with van der Waals surface area (Å²) in [4.78, 5) is 13.6. The molecule has 2 heterocycles. The van der Waals surface area contributed by atoms with Crippen molar-refractivity contribution in [2.24, 2.45) is 10.9 Å². The summed E-state index contributed by atoms with van der Waals surface area (Å²) in [6, 6.07) is 4.62. The van der Waals surface area contributed by atoms with Crippen molar-refractivity contribution < 1.29 is 0 Å². The molecule has 0 spiro atoms. The number of hydrogen-bond donors (Lipinski definition) is 2. The van der Waals surface area contributed by atoms with E-state index in [0.717, 1.165) is 44.5 Å². The first kappa shape index (κ1) is 22.0. The Hall–Kier alpha value is -1.09. The minimum atomic E-state index is 0. The quantitative estimate of drug-likeness (QED) is 0.401. The molecule has 0 saturated carbocycles. The van der Waals surface area contributed by atoms with E-state index in [-0.39, 0.29) is 24.0 Å². The van der Waals surface area contributed by atoms with Gasteiger partial charge in [-0.2, -0.15) is 0 Å². The number of nitrogens with one attached hydrogen (secondary N) is 2. The van der Waals surface area contributed by atoms with E-state index in [4.69, 9.17) is 0 Å². The van der Waals surface area contributed by atoms with E-state index in [9.17, 15) is 0 Å². The molecule has 6 nitrogen and oxygen atoms in total. The van der Waals surface area contributed by atoms with E-state index in [2.05, 4.69) is 70.4 Å². The van der Waals surface area contributed by atoms with E-state index in [0.29, 0.717) is 12.0 Å². The Morgan fingerprint density at radius 2 is 1.92 bits per heavy atom. The molecule has 7 heteroatoms. The van der Waals surface area contributed by atoms with Gasteiger partial charge in [-0.05, 0) is 37.6 Å². The monoisotopic (exact) mass is 460 g/mol. The summed E-state index contributed by atoms with van der Waals surface area (Å²) < 4.78 is 0. The fourth-order valence-corrected chi connectivity index (χ4v) is 2.54. The molecule has 1 aliphatic heterocycles. The van der Waals surface area contributed by atoms with Crippen LogP contribution < -0.4 is 15.5 Å². The first-order chi connectivity index (χ1) is 11.5. The fraction of sp³-hybridized carbons (Fsp3) is 0.667. The van der Waals surface area contributed by atoms with Crippen LogP contribution in [-0.2, 0) is 6.54 Å². The molecule has 2 N–H and O–H groups in total. The van der Waals surface area contributed by atoms with Crippen molar-refractivity contribution in [1.29, 1.82) is 0 Å². The van der Waals surface area contributed by atoms with Crippen LogP contribution in [0.25, 0.3) is 0 Å². The number of guanidine groups is 1. The van der Waals surface area contributed by atoms with Crippen LogP contribution in [0.15, 0.2) is 23.3 Å². The molecule has 1 unspecified atom stereocenters. The Morgan fingerprint density at radius 1 is 1.24 bits per heavy atom. The molecule has 1 atom stereocenters. The van der Waals surface area contributed by atoms with Gasteiger partial charge >= 0.3 is 0 Å². The van der Waals surface area contributed by atoms with Crippen LogP contribution in [0.3, 0.4) is 0 Å². The van der Waals surface area contributed by atoms with Crippen molar-refractivity contribution in [3.8, 4) is 0 Å². The number of aliphatic imine (C=N–C) groups is 1. The number of rotatable bonds is 5. The lowest BCUT2D eigenvalue weighted by Gasteiger charge is -2.33. The third-order valence-corrected chi connectivity index (χ3v) is 4.69. The van der Waals surface area contributed by atoms with Crippen LogP contribution in [0.4, 0.5) is 5.82 Å². The first-order valence-corrected chi connectivity index (χ1v) is 8.85. The number of piperazine rings is 1. The predicted octanol–water partition coefficient (Wildman–Crippen LogP) is 2.16.